The van der Waals surface area contributed by atoms with Gasteiger partial charge in [0, 0.05) is 43.7 Å². The van der Waals surface area contributed by atoms with E-state index in [0.717, 1.165) is 19.3 Å². The number of nitrogens with zero attached hydrogens (tertiary/aromatic N) is 3. The third-order valence-corrected chi connectivity index (χ3v) is 8.11. The molecular weight excluding hydrogens is 467 g/mol. The standard InChI is InChI=1S/C23H24ClFN4O3S/c1-28-14-11-26-22(28)21(17-7-3-4-8-19(17)25)27-23(30)16-9-10-18(24)20(15-16)33(31,32)29-12-5-2-6-13-29/h3-4,7-11,14-15,21H,2,5-6,12-13H2,1H3,(H,27,30). The second-order valence-electron chi connectivity index (χ2n) is 7.93. The lowest BCUT2D eigenvalue weighted by Crippen LogP contribution is -2.36. The van der Waals surface area contributed by atoms with E-state index in [1.54, 1.807) is 42.2 Å². The number of imidazole rings is 1. The molecule has 2 heterocycles. The van der Waals surface area contributed by atoms with E-state index in [1.807, 2.05) is 0 Å². The molecule has 0 spiro atoms. The molecule has 0 radical (unpaired) electrons. The van der Waals surface area contributed by atoms with E-state index in [1.165, 1.54) is 28.6 Å². The van der Waals surface area contributed by atoms with Crippen molar-refractivity contribution in [2.75, 3.05) is 13.1 Å². The Morgan fingerprint density at radius 1 is 1.15 bits per heavy atom. The fourth-order valence-electron chi connectivity index (χ4n) is 3.95. The van der Waals surface area contributed by atoms with Crippen molar-refractivity contribution < 1.29 is 17.6 Å². The summed E-state index contributed by atoms with van der Waals surface area (Å²) >= 11 is 6.23. The van der Waals surface area contributed by atoms with Gasteiger partial charge < -0.3 is 9.88 Å². The fraction of sp³-hybridized carbons (Fsp3) is 0.304. The zero-order valence-electron chi connectivity index (χ0n) is 18.0. The molecule has 1 unspecified atom stereocenters. The Bertz CT molecular complexity index is 1270. The summed E-state index contributed by atoms with van der Waals surface area (Å²) in [5, 5.41) is 2.85. The van der Waals surface area contributed by atoms with Gasteiger partial charge in [0.15, 0.2) is 0 Å². The van der Waals surface area contributed by atoms with Crippen LogP contribution in [-0.2, 0) is 17.1 Å². The number of hydrogen-bond acceptors (Lipinski definition) is 4. The van der Waals surface area contributed by atoms with Crippen LogP contribution in [0.25, 0.3) is 0 Å². The highest BCUT2D eigenvalue weighted by atomic mass is 35.5. The van der Waals surface area contributed by atoms with Crippen LogP contribution in [-0.4, -0.2) is 41.3 Å². The van der Waals surface area contributed by atoms with Crippen LogP contribution in [0, 0.1) is 5.82 Å². The van der Waals surface area contributed by atoms with E-state index in [0.29, 0.717) is 18.9 Å². The molecular formula is C23H24ClFN4O3S. The van der Waals surface area contributed by atoms with Crippen LogP contribution in [0.1, 0.15) is 47.1 Å². The summed E-state index contributed by atoms with van der Waals surface area (Å²) in [4.78, 5) is 17.3. The predicted octanol–water partition coefficient (Wildman–Crippen LogP) is 3.91. The van der Waals surface area contributed by atoms with Crippen LogP contribution >= 0.6 is 11.6 Å². The molecule has 0 saturated carbocycles. The Balaban J connectivity index is 1.68. The van der Waals surface area contributed by atoms with Crippen molar-refractivity contribution in [1.82, 2.24) is 19.2 Å². The van der Waals surface area contributed by atoms with E-state index in [2.05, 4.69) is 10.3 Å². The minimum atomic E-state index is -3.84. The number of rotatable bonds is 6. The molecule has 1 aliphatic rings. The van der Waals surface area contributed by atoms with Gasteiger partial charge in [0.1, 0.15) is 22.6 Å². The molecule has 33 heavy (non-hydrogen) atoms. The molecule has 10 heteroatoms. The summed E-state index contributed by atoms with van der Waals surface area (Å²) in [5.41, 5.74) is 0.348. The van der Waals surface area contributed by atoms with Gasteiger partial charge in [-0.3, -0.25) is 4.79 Å². The van der Waals surface area contributed by atoms with Crippen LogP contribution in [0.5, 0.6) is 0 Å². The van der Waals surface area contributed by atoms with Crippen LogP contribution < -0.4 is 5.32 Å². The second kappa shape index (κ2) is 9.62. The van der Waals surface area contributed by atoms with Crippen molar-refractivity contribution >= 4 is 27.5 Å². The Kier molecular flexibility index (Phi) is 6.83. The van der Waals surface area contributed by atoms with Gasteiger partial charge in [0.2, 0.25) is 10.0 Å². The number of hydrogen-bond donors (Lipinski definition) is 1. The third kappa shape index (κ3) is 4.80. The molecule has 0 aliphatic carbocycles. The summed E-state index contributed by atoms with van der Waals surface area (Å²) < 4.78 is 44.0. The number of aryl methyl sites for hydroxylation is 1. The van der Waals surface area contributed by atoms with Crippen LogP contribution in [0.3, 0.4) is 0 Å². The number of nitrogens with one attached hydrogen (secondary N) is 1. The van der Waals surface area contributed by atoms with Crippen molar-refractivity contribution in [2.45, 2.75) is 30.2 Å². The lowest BCUT2D eigenvalue weighted by molar-refractivity contribution is 0.0940. The number of sulfonamides is 1. The predicted molar refractivity (Wildman–Crippen MR) is 123 cm³/mol. The Labute approximate surface area is 197 Å². The molecule has 1 N–H and O–H groups in total. The molecule has 1 fully saturated rings. The third-order valence-electron chi connectivity index (χ3n) is 5.73. The minimum Gasteiger partial charge on any atom is -0.338 e. The first kappa shape index (κ1) is 23.4. The van der Waals surface area contributed by atoms with E-state index < -0.39 is 27.8 Å². The van der Waals surface area contributed by atoms with Crippen molar-refractivity contribution in [2.24, 2.45) is 7.05 Å². The number of piperidine rings is 1. The summed E-state index contributed by atoms with van der Waals surface area (Å²) in [5.74, 6) is -0.628. The molecule has 2 aromatic carbocycles. The Morgan fingerprint density at radius 2 is 1.88 bits per heavy atom. The zero-order valence-corrected chi connectivity index (χ0v) is 19.6. The van der Waals surface area contributed by atoms with Crippen molar-refractivity contribution in [3.8, 4) is 0 Å². The minimum absolute atomic E-state index is 0.0480. The van der Waals surface area contributed by atoms with Crippen molar-refractivity contribution in [1.29, 1.82) is 0 Å². The van der Waals surface area contributed by atoms with Gasteiger partial charge >= 0.3 is 0 Å². The molecule has 174 valence electrons. The number of aromatic nitrogens is 2. The van der Waals surface area contributed by atoms with Crippen LogP contribution in [0.4, 0.5) is 4.39 Å². The van der Waals surface area contributed by atoms with Gasteiger partial charge in [-0.2, -0.15) is 4.31 Å². The monoisotopic (exact) mass is 490 g/mol. The number of benzene rings is 2. The number of halogens is 2. The van der Waals surface area contributed by atoms with Crippen molar-refractivity contribution in [3.63, 3.8) is 0 Å². The van der Waals surface area contributed by atoms with Crippen molar-refractivity contribution in [3.05, 3.63) is 82.6 Å². The lowest BCUT2D eigenvalue weighted by Gasteiger charge is -2.26. The molecule has 7 nitrogen and oxygen atoms in total. The van der Waals surface area contributed by atoms with Gasteiger partial charge in [-0.25, -0.2) is 17.8 Å². The molecule has 0 bridgehead atoms. The summed E-state index contributed by atoms with van der Waals surface area (Å²) in [6, 6.07) is 9.36. The topological polar surface area (TPSA) is 84.3 Å². The average molecular weight is 491 g/mol. The second-order valence-corrected chi connectivity index (χ2v) is 10.2. The molecule has 1 saturated heterocycles. The lowest BCUT2D eigenvalue weighted by atomic mass is 10.0. The van der Waals surface area contributed by atoms with E-state index in [9.17, 15) is 17.6 Å². The number of carbonyl (C=O) groups excluding carboxylic acids is 1. The van der Waals surface area contributed by atoms with Gasteiger partial charge in [0.05, 0.1) is 5.02 Å². The molecule has 1 aliphatic heterocycles. The molecule has 4 rings (SSSR count). The first-order valence-corrected chi connectivity index (χ1v) is 12.4. The number of amides is 1. The van der Waals surface area contributed by atoms with Gasteiger partial charge in [-0.05, 0) is 37.1 Å². The van der Waals surface area contributed by atoms with Crippen LogP contribution in [0.15, 0.2) is 59.8 Å². The van der Waals surface area contributed by atoms with Gasteiger partial charge in [0.25, 0.3) is 5.91 Å². The zero-order chi connectivity index (χ0) is 23.6. The highest BCUT2D eigenvalue weighted by molar-refractivity contribution is 7.89. The molecule has 1 aromatic heterocycles. The largest absolute Gasteiger partial charge is 0.338 e. The van der Waals surface area contributed by atoms with Gasteiger partial charge in [-0.15, -0.1) is 0 Å². The Morgan fingerprint density at radius 3 is 2.55 bits per heavy atom. The highest BCUT2D eigenvalue weighted by Gasteiger charge is 2.30. The summed E-state index contributed by atoms with van der Waals surface area (Å²) in [6.45, 7) is 0.840. The normalized spacial score (nSPS) is 15.8. The maximum Gasteiger partial charge on any atom is 0.252 e. The van der Waals surface area contributed by atoms with E-state index in [4.69, 9.17) is 11.6 Å². The first-order chi connectivity index (χ1) is 15.8. The maximum atomic E-state index is 14.6. The summed E-state index contributed by atoms with van der Waals surface area (Å²) in [6.07, 6.45) is 5.80. The quantitative estimate of drug-likeness (QED) is 0.568. The number of carbonyl (C=O) groups is 1. The van der Waals surface area contributed by atoms with E-state index >= 15 is 0 Å². The smallest absolute Gasteiger partial charge is 0.252 e. The summed E-state index contributed by atoms with van der Waals surface area (Å²) in [7, 11) is -2.10. The van der Waals surface area contributed by atoms with Gasteiger partial charge in [-0.1, -0.05) is 36.2 Å². The van der Waals surface area contributed by atoms with E-state index in [-0.39, 0.29) is 21.0 Å². The molecule has 3 aromatic rings. The SMILES string of the molecule is Cn1ccnc1C(NC(=O)c1ccc(Cl)c(S(=O)(=O)N2CCCCC2)c1)c1ccccc1F. The average Bonchev–Trinajstić information content (AvgIpc) is 3.24. The Hall–Kier alpha value is -2.75. The highest BCUT2D eigenvalue weighted by Crippen LogP contribution is 2.29. The molecule has 1 atom stereocenters. The first-order valence-electron chi connectivity index (χ1n) is 10.6. The maximum absolute atomic E-state index is 14.6. The fourth-order valence-corrected chi connectivity index (χ4v) is 5.96. The molecule has 1 amide bonds. The van der Waals surface area contributed by atoms with Crippen LogP contribution in [0.2, 0.25) is 5.02 Å².